The van der Waals surface area contributed by atoms with E-state index in [9.17, 15) is 0 Å². The van der Waals surface area contributed by atoms with Crippen molar-refractivity contribution in [2.75, 3.05) is 21.3 Å². The molecular weight excluding hydrogens is 444 g/mol. The lowest BCUT2D eigenvalue weighted by atomic mass is 9.79. The molecule has 1 heterocycles. The second kappa shape index (κ2) is 10.3. The fourth-order valence-electron chi connectivity index (χ4n) is 4.07. The van der Waals surface area contributed by atoms with Gasteiger partial charge in [-0.2, -0.15) is 4.99 Å². The quantitative estimate of drug-likeness (QED) is 0.192. The summed E-state index contributed by atoms with van der Waals surface area (Å²) in [6, 6.07) is 7.92. The van der Waals surface area contributed by atoms with Crippen LogP contribution in [0.25, 0.3) is 5.70 Å². The van der Waals surface area contributed by atoms with Gasteiger partial charge in [-0.25, -0.2) is 0 Å². The van der Waals surface area contributed by atoms with Crippen molar-refractivity contribution >= 4 is 11.6 Å². The van der Waals surface area contributed by atoms with Crippen LogP contribution in [0.1, 0.15) is 50.1 Å². The molecule has 0 spiro atoms. The van der Waals surface area contributed by atoms with E-state index in [2.05, 4.69) is 63.3 Å². The smallest absolute Gasteiger partial charge is 0.290 e. The second-order valence-corrected chi connectivity index (χ2v) is 9.27. The van der Waals surface area contributed by atoms with Crippen molar-refractivity contribution in [1.29, 1.82) is 0 Å². The summed E-state index contributed by atoms with van der Waals surface area (Å²) in [6.45, 7) is 18.6. The number of benzene rings is 1. The van der Waals surface area contributed by atoms with Crippen molar-refractivity contribution in [2.45, 2.75) is 46.5 Å². The van der Waals surface area contributed by atoms with Crippen LogP contribution in [0.15, 0.2) is 64.2 Å². The number of hydrogen-bond acceptors (Lipinski definition) is 7. The van der Waals surface area contributed by atoms with Crippen LogP contribution in [0.3, 0.4) is 0 Å². The fraction of sp³-hybridized carbons (Fsp3) is 0.393. The number of methoxy groups -OCH3 is 3. The molecule has 0 bridgehead atoms. The van der Waals surface area contributed by atoms with Crippen molar-refractivity contribution in [1.82, 2.24) is 5.32 Å². The zero-order chi connectivity index (χ0) is 25.9. The highest BCUT2D eigenvalue weighted by Crippen LogP contribution is 2.45. The summed E-state index contributed by atoms with van der Waals surface area (Å²) in [4.78, 5) is 4.30. The second-order valence-electron chi connectivity index (χ2n) is 9.27. The summed E-state index contributed by atoms with van der Waals surface area (Å²) in [6.07, 6.45) is 1.08. The minimum absolute atomic E-state index is 0.100. The lowest BCUT2D eigenvalue weighted by Gasteiger charge is -2.25. The molecule has 0 saturated carbocycles. The molecule has 7 nitrogen and oxygen atoms in total. The van der Waals surface area contributed by atoms with Gasteiger partial charge in [0.1, 0.15) is 17.2 Å². The first-order chi connectivity index (χ1) is 16.5. The number of nitrogens with one attached hydrogen (secondary N) is 1. The molecule has 2 aromatic rings. The van der Waals surface area contributed by atoms with Crippen LogP contribution in [0, 0.1) is 12.8 Å². The van der Waals surface area contributed by atoms with Gasteiger partial charge in [0.2, 0.25) is 5.88 Å². The van der Waals surface area contributed by atoms with Crippen molar-refractivity contribution in [2.24, 2.45) is 10.9 Å². The van der Waals surface area contributed by atoms with Crippen LogP contribution in [-0.2, 0) is 26.0 Å². The predicted molar refractivity (Wildman–Crippen MR) is 138 cm³/mol. The number of furan rings is 1. The molecule has 1 aliphatic carbocycles. The van der Waals surface area contributed by atoms with Crippen molar-refractivity contribution < 1.29 is 23.4 Å². The Hall–Kier alpha value is -3.61. The molecule has 0 saturated heterocycles. The Kier molecular flexibility index (Phi) is 7.68. The molecule has 0 fully saturated rings. The van der Waals surface area contributed by atoms with E-state index in [-0.39, 0.29) is 11.3 Å². The molecule has 1 atom stereocenters. The SMILES string of the molecule is C=C(OC)/C(NC(=C)c1ccc(Oc2cc3c(cc2C)CC(C)C3(C)C)o1)=C(\N=C(/C)OC)OC. The third-order valence-electron chi connectivity index (χ3n) is 6.71. The Bertz CT molecular complexity index is 1190. The monoisotopic (exact) mass is 480 g/mol. The Morgan fingerprint density at radius 2 is 1.83 bits per heavy atom. The summed E-state index contributed by atoms with van der Waals surface area (Å²) < 4.78 is 27.9. The number of ether oxygens (including phenoxy) is 4. The first kappa shape index (κ1) is 26.0. The lowest BCUT2D eigenvalue weighted by Crippen LogP contribution is -2.21. The van der Waals surface area contributed by atoms with Gasteiger partial charge in [-0.3, -0.25) is 0 Å². The van der Waals surface area contributed by atoms with Gasteiger partial charge in [-0.15, -0.1) is 0 Å². The molecule has 7 heteroatoms. The van der Waals surface area contributed by atoms with Crippen LogP contribution in [-0.4, -0.2) is 27.2 Å². The topological polar surface area (TPSA) is 74.5 Å². The maximum Gasteiger partial charge on any atom is 0.290 e. The van der Waals surface area contributed by atoms with E-state index in [0.717, 1.165) is 17.7 Å². The van der Waals surface area contributed by atoms with Crippen LogP contribution in [0.5, 0.6) is 11.7 Å². The molecule has 1 unspecified atom stereocenters. The molecule has 1 aromatic heterocycles. The van der Waals surface area contributed by atoms with Gasteiger partial charge in [0.05, 0.1) is 27.0 Å². The van der Waals surface area contributed by atoms with E-state index in [1.54, 1.807) is 19.1 Å². The maximum absolute atomic E-state index is 6.15. The minimum atomic E-state index is 0.100. The van der Waals surface area contributed by atoms with E-state index in [4.69, 9.17) is 23.4 Å². The van der Waals surface area contributed by atoms with E-state index in [1.165, 1.54) is 32.5 Å². The van der Waals surface area contributed by atoms with Gasteiger partial charge in [-0.05, 0) is 53.5 Å². The standard InChI is InChI=1S/C28H36N2O5/c1-16-13-21-14-17(2)28(6,7)22(21)15-24(16)35-25-12-11-23(34-25)18(3)29-26(19(4)31-8)27(33-10)30-20(5)32-9/h11-13,15,17,29H,3-4,14H2,1-2,5-10H3/b27-26-,30-20+. The third-order valence-corrected chi connectivity index (χ3v) is 6.71. The van der Waals surface area contributed by atoms with Crippen LogP contribution >= 0.6 is 0 Å². The Balaban J connectivity index is 1.84. The predicted octanol–water partition coefficient (Wildman–Crippen LogP) is 6.45. The Labute approximate surface area is 208 Å². The number of nitrogens with zero attached hydrogens (tertiary/aromatic N) is 1. The van der Waals surface area contributed by atoms with Gasteiger partial charge in [0.25, 0.3) is 5.95 Å². The maximum atomic E-state index is 6.15. The van der Waals surface area contributed by atoms with Gasteiger partial charge in [0, 0.05) is 13.0 Å². The van der Waals surface area contributed by atoms with E-state index in [0.29, 0.717) is 40.7 Å². The van der Waals surface area contributed by atoms with Gasteiger partial charge >= 0.3 is 0 Å². The van der Waals surface area contributed by atoms with Gasteiger partial charge in [0.15, 0.2) is 11.7 Å². The van der Waals surface area contributed by atoms with Crippen molar-refractivity contribution in [3.63, 3.8) is 0 Å². The zero-order valence-corrected chi connectivity index (χ0v) is 22.0. The first-order valence-electron chi connectivity index (χ1n) is 11.5. The highest BCUT2D eigenvalue weighted by molar-refractivity contribution is 5.74. The molecule has 188 valence electrons. The Morgan fingerprint density at radius 3 is 2.46 bits per heavy atom. The van der Waals surface area contributed by atoms with E-state index >= 15 is 0 Å². The molecule has 0 aliphatic heterocycles. The fourth-order valence-corrected chi connectivity index (χ4v) is 4.07. The van der Waals surface area contributed by atoms with Crippen LogP contribution < -0.4 is 10.1 Å². The molecule has 1 N–H and O–H groups in total. The third kappa shape index (κ3) is 5.39. The molecule has 1 aromatic carbocycles. The average Bonchev–Trinajstić information content (AvgIpc) is 3.38. The molecular formula is C28H36N2O5. The van der Waals surface area contributed by atoms with Gasteiger partial charge < -0.3 is 28.7 Å². The summed E-state index contributed by atoms with van der Waals surface area (Å²) >= 11 is 0. The summed E-state index contributed by atoms with van der Waals surface area (Å²) in [5, 5.41) is 3.13. The van der Waals surface area contributed by atoms with Crippen LogP contribution in [0.2, 0.25) is 0 Å². The number of fused-ring (bicyclic) bond motifs is 1. The largest absolute Gasteiger partial charge is 0.495 e. The highest BCUT2D eigenvalue weighted by atomic mass is 16.6. The molecule has 35 heavy (non-hydrogen) atoms. The van der Waals surface area contributed by atoms with Gasteiger partial charge in [-0.1, -0.05) is 40.0 Å². The highest BCUT2D eigenvalue weighted by Gasteiger charge is 2.37. The van der Waals surface area contributed by atoms with E-state index < -0.39 is 0 Å². The number of aliphatic imine (C=N–C) groups is 1. The van der Waals surface area contributed by atoms with E-state index in [1.807, 2.05) is 0 Å². The number of aryl methyl sites for hydroxylation is 1. The molecule has 0 radical (unpaired) electrons. The summed E-state index contributed by atoms with van der Waals surface area (Å²) in [7, 11) is 4.53. The lowest BCUT2D eigenvalue weighted by molar-refractivity contribution is 0.259. The Morgan fingerprint density at radius 1 is 1.11 bits per heavy atom. The first-order valence-corrected chi connectivity index (χ1v) is 11.5. The van der Waals surface area contributed by atoms with Crippen LogP contribution in [0.4, 0.5) is 0 Å². The number of hydrogen-bond donors (Lipinski definition) is 1. The van der Waals surface area contributed by atoms with Crippen molar-refractivity contribution in [3.8, 4) is 11.7 Å². The molecule has 3 rings (SSSR count). The summed E-state index contributed by atoms with van der Waals surface area (Å²) in [5.41, 5.74) is 4.73. The molecule has 1 aliphatic rings. The molecule has 0 amide bonds. The minimum Gasteiger partial charge on any atom is -0.495 e. The zero-order valence-electron chi connectivity index (χ0n) is 22.0. The average molecular weight is 481 g/mol. The van der Waals surface area contributed by atoms with Crippen molar-refractivity contribution in [3.05, 3.63) is 77.2 Å². The number of rotatable bonds is 9. The normalized spacial score (nSPS) is 17.3. The summed E-state index contributed by atoms with van der Waals surface area (Å²) in [5.74, 6) is 3.16.